The van der Waals surface area contributed by atoms with E-state index in [0.29, 0.717) is 5.69 Å². The molecule has 1 aromatic rings. The smallest absolute Gasteiger partial charge is 0.120 e. The molecule has 0 saturated heterocycles. The van der Waals surface area contributed by atoms with Crippen molar-refractivity contribution in [3.05, 3.63) is 35.7 Å². The summed E-state index contributed by atoms with van der Waals surface area (Å²) in [5, 5.41) is 12.1. The van der Waals surface area contributed by atoms with Gasteiger partial charge in [-0.2, -0.15) is 5.26 Å². The zero-order valence-electron chi connectivity index (χ0n) is 9.33. The average molecular weight is 203 g/mol. The van der Waals surface area contributed by atoms with Gasteiger partial charge in [-0.25, -0.2) is 0 Å². The number of aryl methyl sites for hydroxylation is 1. The van der Waals surface area contributed by atoms with Crippen LogP contribution in [-0.4, -0.2) is 11.1 Å². The Morgan fingerprint density at radius 2 is 2.40 bits per heavy atom. The van der Waals surface area contributed by atoms with E-state index in [1.165, 1.54) is 0 Å². The Labute approximate surface area is 91.0 Å². The standard InChI is InChI=1S/C12H17N3/c1-3-4-5-6-14-9-11-7-12(8-13)15(2)10-11/h3-4,7,10,14H,5-6,9H2,1-2H3/b4-3+. The summed E-state index contributed by atoms with van der Waals surface area (Å²) in [5.41, 5.74) is 1.87. The highest BCUT2D eigenvalue weighted by molar-refractivity contribution is 5.28. The minimum Gasteiger partial charge on any atom is -0.342 e. The summed E-state index contributed by atoms with van der Waals surface area (Å²) in [4.78, 5) is 0. The zero-order chi connectivity index (χ0) is 11.1. The number of nitriles is 1. The minimum atomic E-state index is 0.709. The highest BCUT2D eigenvalue weighted by atomic mass is 14.9. The minimum absolute atomic E-state index is 0.709. The van der Waals surface area contributed by atoms with Gasteiger partial charge in [0.1, 0.15) is 11.8 Å². The van der Waals surface area contributed by atoms with Gasteiger partial charge in [0.15, 0.2) is 0 Å². The molecule has 0 aromatic carbocycles. The quantitative estimate of drug-likeness (QED) is 0.587. The van der Waals surface area contributed by atoms with Gasteiger partial charge in [0.2, 0.25) is 0 Å². The van der Waals surface area contributed by atoms with Crippen LogP contribution in [0.1, 0.15) is 24.6 Å². The van der Waals surface area contributed by atoms with Gasteiger partial charge in [-0.3, -0.25) is 0 Å². The van der Waals surface area contributed by atoms with Crippen LogP contribution in [0.25, 0.3) is 0 Å². The van der Waals surface area contributed by atoms with Gasteiger partial charge in [-0.15, -0.1) is 0 Å². The van der Waals surface area contributed by atoms with Crippen molar-refractivity contribution >= 4 is 0 Å². The lowest BCUT2D eigenvalue weighted by atomic mass is 10.3. The lowest BCUT2D eigenvalue weighted by Gasteiger charge is -1.99. The molecular weight excluding hydrogens is 186 g/mol. The van der Waals surface area contributed by atoms with Crippen LogP contribution >= 0.6 is 0 Å². The maximum Gasteiger partial charge on any atom is 0.120 e. The Morgan fingerprint density at radius 1 is 1.60 bits per heavy atom. The second-order valence-corrected chi connectivity index (χ2v) is 3.49. The molecule has 0 amide bonds. The molecule has 3 nitrogen and oxygen atoms in total. The molecule has 1 N–H and O–H groups in total. The second-order valence-electron chi connectivity index (χ2n) is 3.49. The molecule has 0 radical (unpaired) electrons. The molecule has 0 saturated carbocycles. The van der Waals surface area contributed by atoms with E-state index in [1.807, 2.05) is 30.8 Å². The van der Waals surface area contributed by atoms with Crippen molar-refractivity contribution in [3.63, 3.8) is 0 Å². The first-order valence-electron chi connectivity index (χ1n) is 5.15. The van der Waals surface area contributed by atoms with Crippen molar-refractivity contribution in [1.82, 2.24) is 9.88 Å². The van der Waals surface area contributed by atoms with Crippen LogP contribution in [0.4, 0.5) is 0 Å². The Kier molecular flexibility index (Phi) is 4.65. The van der Waals surface area contributed by atoms with Crippen molar-refractivity contribution in [2.75, 3.05) is 6.54 Å². The molecule has 0 aliphatic rings. The van der Waals surface area contributed by atoms with Gasteiger partial charge in [0.25, 0.3) is 0 Å². The summed E-state index contributed by atoms with van der Waals surface area (Å²) in [6.45, 7) is 3.82. The maximum atomic E-state index is 8.77. The molecule has 15 heavy (non-hydrogen) atoms. The Morgan fingerprint density at radius 3 is 3.00 bits per heavy atom. The van der Waals surface area contributed by atoms with Crippen LogP contribution in [0.15, 0.2) is 24.4 Å². The van der Waals surface area contributed by atoms with Crippen molar-refractivity contribution in [3.8, 4) is 6.07 Å². The third-order valence-electron chi connectivity index (χ3n) is 2.23. The molecule has 1 aromatic heterocycles. The van der Waals surface area contributed by atoms with Crippen molar-refractivity contribution < 1.29 is 0 Å². The number of hydrogen-bond acceptors (Lipinski definition) is 2. The molecule has 0 unspecified atom stereocenters. The number of nitrogens with zero attached hydrogens (tertiary/aromatic N) is 2. The van der Waals surface area contributed by atoms with Gasteiger partial charge in [-0.05, 0) is 31.5 Å². The van der Waals surface area contributed by atoms with Gasteiger partial charge >= 0.3 is 0 Å². The predicted molar refractivity (Wildman–Crippen MR) is 61.3 cm³/mol. The van der Waals surface area contributed by atoms with Crippen molar-refractivity contribution in [2.45, 2.75) is 19.9 Å². The van der Waals surface area contributed by atoms with Crippen LogP contribution < -0.4 is 5.32 Å². The summed E-state index contributed by atoms with van der Waals surface area (Å²) >= 11 is 0. The van der Waals surface area contributed by atoms with Crippen LogP contribution in [0.2, 0.25) is 0 Å². The highest BCUT2D eigenvalue weighted by Crippen LogP contribution is 2.05. The fourth-order valence-electron chi connectivity index (χ4n) is 1.43. The third-order valence-corrected chi connectivity index (χ3v) is 2.23. The SMILES string of the molecule is C/C=C/CCNCc1cc(C#N)n(C)c1. The first kappa shape index (κ1) is 11.5. The van der Waals surface area contributed by atoms with Crippen LogP contribution in [-0.2, 0) is 13.6 Å². The molecule has 3 heteroatoms. The summed E-state index contributed by atoms with van der Waals surface area (Å²) in [5.74, 6) is 0. The number of hydrogen-bond donors (Lipinski definition) is 1. The average Bonchev–Trinajstić information content (AvgIpc) is 2.59. The lowest BCUT2D eigenvalue weighted by Crippen LogP contribution is -2.13. The Balaban J connectivity index is 2.35. The van der Waals surface area contributed by atoms with Crippen LogP contribution in [0, 0.1) is 11.3 Å². The van der Waals surface area contributed by atoms with Gasteiger partial charge in [-0.1, -0.05) is 12.2 Å². The summed E-state index contributed by atoms with van der Waals surface area (Å²) < 4.78 is 1.85. The summed E-state index contributed by atoms with van der Waals surface area (Å²) in [7, 11) is 1.89. The molecule has 0 aliphatic heterocycles. The molecule has 1 heterocycles. The van der Waals surface area contributed by atoms with E-state index in [-0.39, 0.29) is 0 Å². The largest absolute Gasteiger partial charge is 0.342 e. The lowest BCUT2D eigenvalue weighted by molar-refractivity contribution is 0.694. The fourth-order valence-corrected chi connectivity index (χ4v) is 1.43. The van der Waals surface area contributed by atoms with E-state index >= 15 is 0 Å². The van der Waals surface area contributed by atoms with E-state index in [2.05, 4.69) is 23.5 Å². The van der Waals surface area contributed by atoms with Gasteiger partial charge in [0, 0.05) is 19.8 Å². The van der Waals surface area contributed by atoms with Crippen molar-refractivity contribution in [2.24, 2.45) is 7.05 Å². The Bertz CT molecular complexity index is 369. The maximum absolute atomic E-state index is 8.77. The first-order valence-corrected chi connectivity index (χ1v) is 5.15. The monoisotopic (exact) mass is 203 g/mol. The first-order chi connectivity index (χ1) is 7.27. The molecule has 0 bridgehead atoms. The number of rotatable bonds is 5. The molecule has 0 fully saturated rings. The normalized spacial score (nSPS) is 10.7. The Hall–Kier alpha value is -1.53. The number of aromatic nitrogens is 1. The molecule has 80 valence electrons. The van der Waals surface area contributed by atoms with Gasteiger partial charge in [0.05, 0.1) is 0 Å². The number of nitrogens with one attached hydrogen (secondary N) is 1. The number of allylic oxidation sites excluding steroid dienone is 1. The van der Waals surface area contributed by atoms with E-state index in [0.717, 1.165) is 25.1 Å². The highest BCUT2D eigenvalue weighted by Gasteiger charge is 2.00. The molecule has 1 rings (SSSR count). The van der Waals surface area contributed by atoms with E-state index in [9.17, 15) is 0 Å². The van der Waals surface area contributed by atoms with Gasteiger partial charge < -0.3 is 9.88 Å². The second kappa shape index (κ2) is 6.05. The van der Waals surface area contributed by atoms with E-state index in [1.54, 1.807) is 0 Å². The summed E-state index contributed by atoms with van der Waals surface area (Å²) in [6, 6.07) is 4.07. The topological polar surface area (TPSA) is 40.8 Å². The third kappa shape index (κ3) is 3.61. The molecule has 0 atom stereocenters. The molecular formula is C12H17N3. The van der Waals surface area contributed by atoms with Crippen LogP contribution in [0.5, 0.6) is 0 Å². The fraction of sp³-hybridized carbons (Fsp3) is 0.417. The van der Waals surface area contributed by atoms with Crippen molar-refractivity contribution in [1.29, 1.82) is 5.26 Å². The summed E-state index contributed by atoms with van der Waals surface area (Å²) in [6.07, 6.45) is 7.23. The molecule has 0 aliphatic carbocycles. The van der Waals surface area contributed by atoms with E-state index < -0.39 is 0 Å². The molecule has 0 spiro atoms. The van der Waals surface area contributed by atoms with E-state index in [4.69, 9.17) is 5.26 Å². The van der Waals surface area contributed by atoms with Crippen LogP contribution in [0.3, 0.4) is 0 Å². The zero-order valence-corrected chi connectivity index (χ0v) is 9.33. The predicted octanol–water partition coefficient (Wildman–Crippen LogP) is 1.95.